The van der Waals surface area contributed by atoms with Gasteiger partial charge in [-0.05, 0) is 17.7 Å². The molecule has 20 heavy (non-hydrogen) atoms. The number of esters is 1. The van der Waals surface area contributed by atoms with Gasteiger partial charge in [-0.1, -0.05) is 22.0 Å². The van der Waals surface area contributed by atoms with Gasteiger partial charge >= 0.3 is 5.97 Å². The van der Waals surface area contributed by atoms with E-state index in [1.807, 2.05) is 23.9 Å². The minimum absolute atomic E-state index is 0.335. The maximum Gasteiger partial charge on any atom is 0.337 e. The Balaban J connectivity index is 1.96. The van der Waals surface area contributed by atoms with Gasteiger partial charge in [0.25, 0.3) is 0 Å². The first-order valence-corrected chi connectivity index (χ1v) is 6.94. The molecule has 0 amide bonds. The number of rotatable bonds is 5. The van der Waals surface area contributed by atoms with Crippen molar-refractivity contribution in [3.63, 3.8) is 0 Å². The number of halogens is 1. The molecule has 0 spiro atoms. The highest BCUT2D eigenvalue weighted by Crippen LogP contribution is 2.19. The monoisotopic (exact) mass is 337 g/mol. The van der Waals surface area contributed by atoms with E-state index in [2.05, 4.69) is 31.0 Å². The summed E-state index contributed by atoms with van der Waals surface area (Å²) in [6.45, 7) is 1.38. The van der Waals surface area contributed by atoms with Gasteiger partial charge in [0.15, 0.2) is 0 Å². The Morgan fingerprint density at radius 2 is 2.25 bits per heavy atom. The zero-order chi connectivity index (χ0) is 14.5. The Labute approximate surface area is 126 Å². The van der Waals surface area contributed by atoms with Gasteiger partial charge in [-0.3, -0.25) is 0 Å². The molecule has 1 heterocycles. The number of ether oxygens (including phenoxy) is 1. The molecule has 0 radical (unpaired) electrons. The van der Waals surface area contributed by atoms with Crippen molar-refractivity contribution in [2.24, 2.45) is 7.05 Å². The molecule has 1 aromatic heterocycles. The standard InChI is InChI=1S/C14H16BrN3O2/c1-18-6-5-17-13(18)9-16-8-11-4-3-10(7-12(11)15)14(19)20-2/h3-7,16H,8-9H2,1-2H3. The normalized spacial score (nSPS) is 10.6. The predicted octanol–water partition coefficient (Wildman–Crippen LogP) is 2.26. The number of methoxy groups -OCH3 is 1. The van der Waals surface area contributed by atoms with Crippen molar-refractivity contribution in [1.82, 2.24) is 14.9 Å². The van der Waals surface area contributed by atoms with E-state index in [0.29, 0.717) is 18.7 Å². The summed E-state index contributed by atoms with van der Waals surface area (Å²) >= 11 is 3.47. The van der Waals surface area contributed by atoms with Crippen LogP contribution in [0, 0.1) is 0 Å². The van der Waals surface area contributed by atoms with E-state index in [1.165, 1.54) is 7.11 Å². The first-order valence-electron chi connectivity index (χ1n) is 6.15. The highest BCUT2D eigenvalue weighted by molar-refractivity contribution is 9.10. The lowest BCUT2D eigenvalue weighted by Gasteiger charge is -2.08. The van der Waals surface area contributed by atoms with E-state index < -0.39 is 0 Å². The molecule has 5 nitrogen and oxygen atoms in total. The van der Waals surface area contributed by atoms with E-state index in [9.17, 15) is 4.79 Å². The largest absolute Gasteiger partial charge is 0.465 e. The van der Waals surface area contributed by atoms with Crippen LogP contribution in [0.2, 0.25) is 0 Å². The number of hydrogen-bond donors (Lipinski definition) is 1. The van der Waals surface area contributed by atoms with Crippen LogP contribution < -0.4 is 5.32 Å². The molecule has 1 aromatic carbocycles. The van der Waals surface area contributed by atoms with Crippen LogP contribution in [0.3, 0.4) is 0 Å². The minimum Gasteiger partial charge on any atom is -0.465 e. The summed E-state index contributed by atoms with van der Waals surface area (Å²) in [5.74, 6) is 0.644. The Morgan fingerprint density at radius 3 is 2.85 bits per heavy atom. The van der Waals surface area contributed by atoms with E-state index >= 15 is 0 Å². The number of aromatic nitrogens is 2. The molecule has 0 fully saturated rings. The lowest BCUT2D eigenvalue weighted by molar-refractivity contribution is 0.0600. The molecule has 1 N–H and O–H groups in total. The number of benzene rings is 1. The van der Waals surface area contributed by atoms with Gasteiger partial charge in [-0.2, -0.15) is 0 Å². The SMILES string of the molecule is COC(=O)c1ccc(CNCc2nccn2C)c(Br)c1. The lowest BCUT2D eigenvalue weighted by atomic mass is 10.1. The van der Waals surface area contributed by atoms with Crippen molar-refractivity contribution < 1.29 is 9.53 Å². The molecule has 2 rings (SSSR count). The smallest absolute Gasteiger partial charge is 0.337 e. The summed E-state index contributed by atoms with van der Waals surface area (Å²) in [6.07, 6.45) is 3.69. The number of nitrogens with one attached hydrogen (secondary N) is 1. The molecule has 0 unspecified atom stereocenters. The molecule has 6 heteroatoms. The van der Waals surface area contributed by atoms with Crippen LogP contribution in [0.5, 0.6) is 0 Å². The van der Waals surface area contributed by atoms with Gasteiger partial charge in [0.05, 0.1) is 19.2 Å². The summed E-state index contributed by atoms with van der Waals surface area (Å²) in [7, 11) is 3.34. The molecule has 106 valence electrons. The van der Waals surface area contributed by atoms with E-state index in [4.69, 9.17) is 0 Å². The molecule has 0 aliphatic rings. The Bertz CT molecular complexity index is 610. The number of aryl methyl sites for hydroxylation is 1. The second kappa shape index (κ2) is 6.67. The van der Waals surface area contributed by atoms with Gasteiger partial charge in [0.1, 0.15) is 5.82 Å². The topological polar surface area (TPSA) is 56.1 Å². The Morgan fingerprint density at radius 1 is 1.45 bits per heavy atom. The summed E-state index contributed by atoms with van der Waals surface area (Å²) in [5, 5.41) is 3.32. The zero-order valence-corrected chi connectivity index (χ0v) is 13.0. The van der Waals surface area contributed by atoms with Crippen LogP contribution in [0.4, 0.5) is 0 Å². The molecule has 0 atom stereocenters. The quantitative estimate of drug-likeness (QED) is 0.850. The van der Waals surface area contributed by atoms with E-state index in [-0.39, 0.29) is 5.97 Å². The van der Waals surface area contributed by atoms with Crippen LogP contribution in [0.25, 0.3) is 0 Å². The van der Waals surface area contributed by atoms with Crippen molar-refractivity contribution in [3.8, 4) is 0 Å². The first-order chi connectivity index (χ1) is 9.61. The summed E-state index contributed by atoms with van der Waals surface area (Å²) in [5.41, 5.74) is 1.61. The third-order valence-corrected chi connectivity index (χ3v) is 3.73. The number of carbonyl (C=O) groups is 1. The van der Waals surface area contributed by atoms with Crippen LogP contribution >= 0.6 is 15.9 Å². The highest BCUT2D eigenvalue weighted by atomic mass is 79.9. The molecular weight excluding hydrogens is 322 g/mol. The molecule has 0 saturated carbocycles. The molecule has 0 saturated heterocycles. The first kappa shape index (κ1) is 14.7. The van der Waals surface area contributed by atoms with Gasteiger partial charge in [0, 0.05) is 30.5 Å². The minimum atomic E-state index is -0.335. The average Bonchev–Trinajstić information content (AvgIpc) is 2.85. The third kappa shape index (κ3) is 3.46. The Kier molecular flexibility index (Phi) is 4.92. The van der Waals surface area contributed by atoms with Gasteiger partial charge in [0.2, 0.25) is 0 Å². The van der Waals surface area contributed by atoms with Crippen molar-refractivity contribution in [1.29, 1.82) is 0 Å². The van der Waals surface area contributed by atoms with Crippen LogP contribution in [-0.2, 0) is 24.9 Å². The van der Waals surface area contributed by atoms with Crippen molar-refractivity contribution in [2.45, 2.75) is 13.1 Å². The number of nitrogens with zero attached hydrogens (tertiary/aromatic N) is 2. The third-order valence-electron chi connectivity index (χ3n) is 2.99. The van der Waals surface area contributed by atoms with E-state index in [1.54, 1.807) is 18.3 Å². The van der Waals surface area contributed by atoms with Gasteiger partial charge in [-0.15, -0.1) is 0 Å². The molecular formula is C14H16BrN3O2. The second-order valence-corrected chi connectivity index (χ2v) is 5.21. The lowest BCUT2D eigenvalue weighted by Crippen LogP contribution is -2.16. The number of imidazole rings is 1. The second-order valence-electron chi connectivity index (χ2n) is 4.36. The summed E-state index contributed by atoms with van der Waals surface area (Å²) in [4.78, 5) is 15.7. The average molecular weight is 338 g/mol. The Hall–Kier alpha value is -1.66. The molecule has 2 aromatic rings. The fraction of sp³-hybridized carbons (Fsp3) is 0.286. The van der Waals surface area contributed by atoms with Gasteiger partial charge < -0.3 is 14.6 Å². The fourth-order valence-electron chi connectivity index (χ4n) is 1.81. The molecule has 0 bridgehead atoms. The molecule has 0 aliphatic heterocycles. The van der Waals surface area contributed by atoms with Crippen LogP contribution in [0.15, 0.2) is 35.1 Å². The zero-order valence-electron chi connectivity index (χ0n) is 11.4. The predicted molar refractivity (Wildman–Crippen MR) is 79.2 cm³/mol. The highest BCUT2D eigenvalue weighted by Gasteiger charge is 2.08. The summed E-state index contributed by atoms with van der Waals surface area (Å²) in [6, 6.07) is 5.43. The maximum atomic E-state index is 11.4. The van der Waals surface area contributed by atoms with Gasteiger partial charge in [-0.25, -0.2) is 9.78 Å². The van der Waals surface area contributed by atoms with Crippen LogP contribution in [-0.4, -0.2) is 22.6 Å². The van der Waals surface area contributed by atoms with Crippen molar-refractivity contribution in [3.05, 3.63) is 52.0 Å². The number of hydrogen-bond acceptors (Lipinski definition) is 4. The van der Waals surface area contributed by atoms with Crippen molar-refractivity contribution in [2.75, 3.05) is 7.11 Å². The molecule has 0 aliphatic carbocycles. The van der Waals surface area contributed by atoms with E-state index in [0.717, 1.165) is 15.9 Å². The van der Waals surface area contributed by atoms with Crippen molar-refractivity contribution >= 4 is 21.9 Å². The van der Waals surface area contributed by atoms with Crippen LogP contribution in [0.1, 0.15) is 21.7 Å². The number of carbonyl (C=O) groups excluding carboxylic acids is 1. The summed E-state index contributed by atoms with van der Waals surface area (Å²) < 4.78 is 7.54. The maximum absolute atomic E-state index is 11.4. The fourth-order valence-corrected chi connectivity index (χ4v) is 2.33.